The molecule has 0 radical (unpaired) electrons. The first-order valence-corrected chi connectivity index (χ1v) is 14.2. The number of hydrogen-bond donors (Lipinski definition) is 2. The van der Waals surface area contributed by atoms with Crippen molar-refractivity contribution < 1.29 is 14.3 Å². The Bertz CT molecular complexity index is 1950. The Morgan fingerprint density at radius 3 is 2.45 bits per heavy atom. The van der Waals surface area contributed by atoms with Crippen LogP contribution < -0.4 is 11.1 Å². The van der Waals surface area contributed by atoms with E-state index < -0.39 is 0 Å². The summed E-state index contributed by atoms with van der Waals surface area (Å²) in [6, 6.07) is 32.8. The second kappa shape index (κ2) is 12.6. The van der Waals surface area contributed by atoms with Crippen molar-refractivity contribution in [2.24, 2.45) is 0 Å². The number of hydrogen-bond acceptors (Lipinski definition) is 7. The number of esters is 1. The van der Waals surface area contributed by atoms with E-state index >= 15 is 0 Å². The van der Waals surface area contributed by atoms with Gasteiger partial charge in [-0.1, -0.05) is 54.6 Å². The molecule has 0 aliphatic carbocycles. The Morgan fingerprint density at radius 2 is 1.68 bits per heavy atom. The summed E-state index contributed by atoms with van der Waals surface area (Å²) < 4.78 is 6.70. The van der Waals surface area contributed by atoms with E-state index in [0.29, 0.717) is 41.4 Å². The molecule has 1 amide bonds. The van der Waals surface area contributed by atoms with Crippen molar-refractivity contribution in [1.29, 1.82) is 0 Å². The summed E-state index contributed by atoms with van der Waals surface area (Å²) in [5, 5.41) is 2.99. The van der Waals surface area contributed by atoms with Crippen molar-refractivity contribution >= 4 is 28.9 Å². The third kappa shape index (κ3) is 6.03. The van der Waals surface area contributed by atoms with E-state index in [1.165, 1.54) is 7.11 Å². The predicted octanol–water partition coefficient (Wildman–Crippen LogP) is 5.77. The highest BCUT2D eigenvalue weighted by Gasteiger charge is 2.19. The molecule has 3 aromatic carbocycles. The highest BCUT2D eigenvalue weighted by Crippen LogP contribution is 2.31. The number of carbonyl (C=O) groups excluding carboxylic acids is 2. The number of nitrogens with one attached hydrogen (secondary N) is 1. The summed E-state index contributed by atoms with van der Waals surface area (Å²) in [5.41, 5.74) is 13.4. The second-order valence-corrected chi connectivity index (χ2v) is 10.2. The van der Waals surface area contributed by atoms with Crippen LogP contribution >= 0.6 is 0 Å². The van der Waals surface area contributed by atoms with Gasteiger partial charge in [0.05, 0.1) is 18.4 Å². The predicted molar refractivity (Wildman–Crippen MR) is 170 cm³/mol. The maximum atomic E-state index is 12.9. The number of rotatable bonds is 9. The number of methoxy groups -OCH3 is 1. The fourth-order valence-electron chi connectivity index (χ4n) is 5.02. The van der Waals surface area contributed by atoms with Crippen LogP contribution in [-0.2, 0) is 22.5 Å². The van der Waals surface area contributed by atoms with Crippen molar-refractivity contribution in [1.82, 2.24) is 24.8 Å². The minimum Gasteiger partial charge on any atom is -0.469 e. The smallest absolute Gasteiger partial charge is 0.305 e. The molecule has 9 heteroatoms. The van der Waals surface area contributed by atoms with E-state index in [-0.39, 0.29) is 18.3 Å². The van der Waals surface area contributed by atoms with Crippen LogP contribution in [0.1, 0.15) is 27.9 Å². The monoisotopic (exact) mass is 582 g/mol. The maximum Gasteiger partial charge on any atom is 0.305 e. The average molecular weight is 583 g/mol. The molecule has 0 unspecified atom stereocenters. The first kappa shape index (κ1) is 28.3. The van der Waals surface area contributed by atoms with E-state index in [1.54, 1.807) is 18.3 Å². The summed E-state index contributed by atoms with van der Waals surface area (Å²) in [4.78, 5) is 38.6. The van der Waals surface area contributed by atoms with Gasteiger partial charge in [-0.05, 0) is 66.1 Å². The fraction of sp³-hybridized carbons (Fsp3) is 0.114. The van der Waals surface area contributed by atoms with Gasteiger partial charge in [0.2, 0.25) is 0 Å². The summed E-state index contributed by atoms with van der Waals surface area (Å²) in [7, 11) is 1.37. The molecule has 44 heavy (non-hydrogen) atoms. The molecule has 3 heterocycles. The number of benzene rings is 3. The van der Waals surface area contributed by atoms with E-state index in [0.717, 1.165) is 33.6 Å². The van der Waals surface area contributed by atoms with Crippen LogP contribution in [0.3, 0.4) is 0 Å². The van der Waals surface area contributed by atoms with Gasteiger partial charge < -0.3 is 15.8 Å². The van der Waals surface area contributed by atoms with Crippen LogP contribution in [0.15, 0.2) is 109 Å². The number of carbonyl (C=O) groups is 2. The van der Waals surface area contributed by atoms with Crippen molar-refractivity contribution in [3.05, 3.63) is 126 Å². The van der Waals surface area contributed by atoms with Crippen LogP contribution in [0.25, 0.3) is 39.5 Å². The topological polar surface area (TPSA) is 125 Å². The Labute approximate surface area is 254 Å². The van der Waals surface area contributed by atoms with Gasteiger partial charge in [-0.25, -0.2) is 15.0 Å². The minimum absolute atomic E-state index is 0.193. The number of imidazole rings is 1. The lowest BCUT2D eigenvalue weighted by atomic mass is 10.1. The van der Waals surface area contributed by atoms with E-state index in [2.05, 4.69) is 10.3 Å². The lowest BCUT2D eigenvalue weighted by Gasteiger charge is -2.12. The van der Waals surface area contributed by atoms with Crippen molar-refractivity contribution in [3.63, 3.8) is 0 Å². The number of nitrogens with two attached hydrogens (primary N) is 1. The van der Waals surface area contributed by atoms with Crippen LogP contribution in [0.4, 0.5) is 5.82 Å². The van der Waals surface area contributed by atoms with E-state index in [1.807, 2.05) is 95.6 Å². The molecule has 9 nitrogen and oxygen atoms in total. The third-order valence-corrected chi connectivity index (χ3v) is 7.34. The first-order chi connectivity index (χ1) is 21.5. The molecule has 3 N–H and O–H groups in total. The van der Waals surface area contributed by atoms with Crippen LogP contribution in [0.5, 0.6) is 0 Å². The van der Waals surface area contributed by atoms with Crippen molar-refractivity contribution in [2.75, 3.05) is 12.8 Å². The molecule has 0 aliphatic rings. The minimum atomic E-state index is -0.282. The Balaban J connectivity index is 1.27. The zero-order valence-electron chi connectivity index (χ0n) is 24.1. The Morgan fingerprint density at radius 1 is 0.864 bits per heavy atom. The molecule has 0 fully saturated rings. The number of anilines is 1. The van der Waals surface area contributed by atoms with Gasteiger partial charge in [0.15, 0.2) is 11.5 Å². The molecule has 6 aromatic rings. The molecule has 0 saturated heterocycles. The molecule has 3 aromatic heterocycles. The maximum absolute atomic E-state index is 12.9. The molecule has 0 saturated carbocycles. The molecule has 0 atom stereocenters. The van der Waals surface area contributed by atoms with Gasteiger partial charge in [0.1, 0.15) is 11.3 Å². The highest BCUT2D eigenvalue weighted by molar-refractivity contribution is 5.94. The zero-order chi connectivity index (χ0) is 30.5. The lowest BCUT2D eigenvalue weighted by Crippen LogP contribution is -2.22. The van der Waals surface area contributed by atoms with Crippen LogP contribution in [-0.4, -0.2) is 38.5 Å². The largest absolute Gasteiger partial charge is 0.469 e. The summed E-state index contributed by atoms with van der Waals surface area (Å²) in [6.07, 6.45) is 2.42. The molecule has 218 valence electrons. The third-order valence-electron chi connectivity index (χ3n) is 7.34. The quantitative estimate of drug-likeness (QED) is 0.207. The first-order valence-electron chi connectivity index (χ1n) is 14.2. The Hall–Kier alpha value is -5.83. The zero-order valence-corrected chi connectivity index (χ0v) is 24.1. The van der Waals surface area contributed by atoms with Crippen LogP contribution in [0.2, 0.25) is 0 Å². The number of amides is 1. The van der Waals surface area contributed by atoms with Gasteiger partial charge in [-0.15, -0.1) is 0 Å². The number of aryl methyl sites for hydroxylation is 1. The highest BCUT2D eigenvalue weighted by atomic mass is 16.5. The van der Waals surface area contributed by atoms with Gasteiger partial charge in [-0.2, -0.15) is 0 Å². The summed E-state index contributed by atoms with van der Waals surface area (Å²) in [6.45, 7) is 0.342. The molecule has 0 aliphatic heterocycles. The lowest BCUT2D eigenvalue weighted by molar-refractivity contribution is -0.140. The van der Waals surface area contributed by atoms with Crippen molar-refractivity contribution in [3.8, 4) is 28.3 Å². The molecular weight excluding hydrogens is 552 g/mol. The Kier molecular flexibility index (Phi) is 8.09. The van der Waals surface area contributed by atoms with E-state index in [4.69, 9.17) is 20.4 Å². The number of ether oxygens (including phenoxy) is 1. The van der Waals surface area contributed by atoms with Gasteiger partial charge in [0.25, 0.3) is 5.91 Å². The number of pyridine rings is 2. The average Bonchev–Trinajstić information content (AvgIpc) is 3.45. The SMILES string of the molecule is COC(=O)CCc1cccc(C(=O)NCc2ccc(-n3c(-c4cccnc4N)nc4ccc(-c5ccccc5)nc43)cc2)c1. The van der Waals surface area contributed by atoms with E-state index in [9.17, 15) is 9.59 Å². The summed E-state index contributed by atoms with van der Waals surface area (Å²) >= 11 is 0. The number of fused-ring (bicyclic) bond motifs is 1. The molecular formula is C35H30N6O3. The van der Waals surface area contributed by atoms with Crippen molar-refractivity contribution in [2.45, 2.75) is 19.4 Å². The van der Waals surface area contributed by atoms with Gasteiger partial charge in [0, 0.05) is 36.0 Å². The second-order valence-electron chi connectivity index (χ2n) is 10.2. The number of aromatic nitrogens is 4. The normalized spacial score (nSPS) is 10.9. The van der Waals surface area contributed by atoms with Crippen LogP contribution in [0, 0.1) is 0 Å². The van der Waals surface area contributed by atoms with Gasteiger partial charge in [-0.3, -0.25) is 14.2 Å². The molecule has 0 spiro atoms. The molecule has 0 bridgehead atoms. The molecule has 6 rings (SSSR count). The number of nitrogen functional groups attached to an aromatic ring is 1. The fourth-order valence-corrected chi connectivity index (χ4v) is 5.02. The standard InChI is InChI=1S/C35H30N6O3/c1-44-31(42)19-14-23-7-5-10-26(21-23)35(43)38-22-24-12-15-27(16-13-24)41-33(28-11-6-20-37-32(28)36)40-30-18-17-29(39-34(30)41)25-8-3-2-4-9-25/h2-13,15-18,20-21H,14,19,22H2,1H3,(H2,36,37)(H,38,43). The van der Waals surface area contributed by atoms with Gasteiger partial charge >= 0.3 is 5.97 Å². The summed E-state index contributed by atoms with van der Waals surface area (Å²) in [5.74, 6) is 0.537. The number of nitrogens with zero attached hydrogens (tertiary/aromatic N) is 4.